The lowest BCUT2D eigenvalue weighted by molar-refractivity contribution is 0.0702. The summed E-state index contributed by atoms with van der Waals surface area (Å²) in [5, 5.41) is 9.75. The van der Waals surface area contributed by atoms with Gasteiger partial charge in [-0.25, -0.2) is 9.78 Å². The molecule has 3 rings (SSSR count). The number of fused-ring (bicyclic) bond motifs is 3. The van der Waals surface area contributed by atoms with E-state index in [-0.39, 0.29) is 4.88 Å². The number of thiophene rings is 1. The summed E-state index contributed by atoms with van der Waals surface area (Å²) in [4.78, 5) is 15.3. The molecular weight excluding hydrogens is 242 g/mol. The molecule has 1 N–H and O–H groups in total. The van der Waals surface area contributed by atoms with Gasteiger partial charge in [0.1, 0.15) is 10.4 Å². The fourth-order valence-corrected chi connectivity index (χ4v) is 2.68. The maximum absolute atomic E-state index is 10.9. The summed E-state index contributed by atoms with van der Waals surface area (Å²) < 4.78 is 11.2. The van der Waals surface area contributed by atoms with E-state index in [1.807, 2.05) is 0 Å². The molecule has 2 aromatic heterocycles. The molecule has 0 fully saturated rings. The highest BCUT2D eigenvalue weighted by Gasteiger charge is 2.16. The van der Waals surface area contributed by atoms with Crippen LogP contribution in [0.3, 0.4) is 0 Å². The maximum atomic E-state index is 10.9. The van der Waals surface area contributed by atoms with Crippen molar-refractivity contribution in [2.45, 2.75) is 0 Å². The smallest absolute Gasteiger partial charge is 0.345 e. The predicted molar refractivity (Wildman–Crippen MR) is 62.9 cm³/mol. The lowest BCUT2D eigenvalue weighted by atomic mass is 10.2. The van der Waals surface area contributed by atoms with Gasteiger partial charge in [-0.1, -0.05) is 0 Å². The largest absolute Gasteiger partial charge is 0.493 e. The summed E-state index contributed by atoms with van der Waals surface area (Å²) in [5.74, 6) is -0.384. The molecule has 6 heteroatoms. The predicted octanol–water partition coefficient (Wildman–Crippen LogP) is 2.75. The van der Waals surface area contributed by atoms with Crippen molar-refractivity contribution in [2.24, 2.45) is 0 Å². The van der Waals surface area contributed by atoms with Crippen LogP contribution in [0.5, 0.6) is 5.75 Å². The van der Waals surface area contributed by atoms with Gasteiger partial charge in [-0.2, -0.15) is 0 Å². The lowest BCUT2D eigenvalue weighted by Gasteiger charge is -1.99. The van der Waals surface area contributed by atoms with Crippen LogP contribution in [0.15, 0.2) is 22.9 Å². The molecule has 0 aliphatic rings. The quantitative estimate of drug-likeness (QED) is 0.756. The Hall–Kier alpha value is -2.08. The Morgan fingerprint density at radius 3 is 3.06 bits per heavy atom. The van der Waals surface area contributed by atoms with Crippen molar-refractivity contribution in [3.63, 3.8) is 0 Å². The average molecular weight is 249 g/mol. The summed E-state index contributed by atoms with van der Waals surface area (Å²) in [6.07, 6.45) is 1.32. The summed E-state index contributed by atoms with van der Waals surface area (Å²) in [7, 11) is 1.54. The van der Waals surface area contributed by atoms with Crippen LogP contribution in [0.25, 0.3) is 21.2 Å². The molecule has 2 heterocycles. The number of benzene rings is 1. The molecule has 0 amide bonds. The second kappa shape index (κ2) is 3.46. The van der Waals surface area contributed by atoms with Crippen molar-refractivity contribution < 1.29 is 19.1 Å². The van der Waals surface area contributed by atoms with Crippen molar-refractivity contribution in [1.29, 1.82) is 0 Å². The minimum atomic E-state index is -0.943. The lowest BCUT2D eigenvalue weighted by Crippen LogP contribution is -1.89. The van der Waals surface area contributed by atoms with Crippen molar-refractivity contribution in [1.82, 2.24) is 4.98 Å². The Bertz CT molecular complexity index is 728. The van der Waals surface area contributed by atoms with E-state index in [9.17, 15) is 4.79 Å². The third-order valence-corrected chi connectivity index (χ3v) is 3.57. The Morgan fingerprint density at radius 2 is 2.35 bits per heavy atom. The highest BCUT2D eigenvalue weighted by atomic mass is 32.1. The van der Waals surface area contributed by atoms with E-state index in [0.717, 1.165) is 10.1 Å². The topological polar surface area (TPSA) is 72.6 Å². The van der Waals surface area contributed by atoms with Crippen molar-refractivity contribution >= 4 is 38.5 Å². The Balaban J connectivity index is 2.45. The molecule has 5 nitrogen and oxygen atoms in total. The molecule has 0 saturated carbocycles. The first kappa shape index (κ1) is 10.1. The standard InChI is InChI=1S/C11H7NO4S/c1-15-6-3-7-5(2-8(17-7)11(13)14)9-10(6)16-4-12-9/h2-4H,1H3,(H,13,14). The molecule has 0 saturated heterocycles. The zero-order chi connectivity index (χ0) is 12.0. The summed E-state index contributed by atoms with van der Waals surface area (Å²) in [5.41, 5.74) is 1.16. The number of oxazole rings is 1. The third kappa shape index (κ3) is 1.38. The number of aromatic nitrogens is 1. The highest BCUT2D eigenvalue weighted by molar-refractivity contribution is 7.20. The second-order valence-corrected chi connectivity index (χ2v) is 4.52. The fraction of sp³-hybridized carbons (Fsp3) is 0.0909. The number of ether oxygens (including phenoxy) is 1. The van der Waals surface area contributed by atoms with Crippen LogP contribution in [0.2, 0.25) is 0 Å². The molecular formula is C11H7NO4S. The zero-order valence-corrected chi connectivity index (χ0v) is 9.58. The Kier molecular flexibility index (Phi) is 2.05. The van der Waals surface area contributed by atoms with Crippen molar-refractivity contribution in [3.05, 3.63) is 23.4 Å². The number of rotatable bonds is 2. The average Bonchev–Trinajstić information content (AvgIpc) is 2.93. The Morgan fingerprint density at radius 1 is 1.53 bits per heavy atom. The molecule has 0 spiro atoms. The molecule has 0 radical (unpaired) electrons. The van der Waals surface area contributed by atoms with Crippen LogP contribution < -0.4 is 4.74 Å². The first-order chi connectivity index (χ1) is 8.20. The van der Waals surface area contributed by atoms with E-state index in [1.165, 1.54) is 24.8 Å². The monoisotopic (exact) mass is 249 g/mol. The van der Waals surface area contributed by atoms with Crippen LogP contribution in [0, 0.1) is 0 Å². The number of carboxylic acid groups (broad SMARTS) is 1. The summed E-state index contributed by atoms with van der Waals surface area (Å²) in [6.45, 7) is 0. The molecule has 0 aliphatic carbocycles. The first-order valence-corrected chi connectivity index (χ1v) is 5.59. The minimum Gasteiger partial charge on any atom is -0.493 e. The van der Waals surface area contributed by atoms with Gasteiger partial charge in [0.15, 0.2) is 17.7 Å². The molecule has 3 aromatic rings. The van der Waals surface area contributed by atoms with Gasteiger partial charge in [0, 0.05) is 16.2 Å². The van der Waals surface area contributed by atoms with Gasteiger partial charge in [0.05, 0.1) is 7.11 Å². The van der Waals surface area contributed by atoms with Crippen LogP contribution in [-0.4, -0.2) is 23.2 Å². The third-order valence-electron chi connectivity index (χ3n) is 2.50. The van der Waals surface area contributed by atoms with Crippen molar-refractivity contribution in [3.8, 4) is 5.75 Å². The van der Waals surface area contributed by atoms with E-state index in [1.54, 1.807) is 12.1 Å². The first-order valence-electron chi connectivity index (χ1n) is 4.77. The van der Waals surface area contributed by atoms with E-state index in [2.05, 4.69) is 4.98 Å². The maximum Gasteiger partial charge on any atom is 0.345 e. The number of aromatic carboxylic acids is 1. The Labute approximate surface area is 99.2 Å². The van der Waals surface area contributed by atoms with E-state index in [0.29, 0.717) is 16.8 Å². The molecule has 0 atom stereocenters. The van der Waals surface area contributed by atoms with Crippen molar-refractivity contribution in [2.75, 3.05) is 7.11 Å². The number of methoxy groups -OCH3 is 1. The SMILES string of the molecule is COc1cc2sc(C(=O)O)cc2c2ncoc12. The van der Waals surface area contributed by atoms with Crippen LogP contribution >= 0.6 is 11.3 Å². The molecule has 17 heavy (non-hydrogen) atoms. The van der Waals surface area contributed by atoms with Gasteiger partial charge < -0.3 is 14.3 Å². The van der Waals surface area contributed by atoms with Crippen LogP contribution in [0.4, 0.5) is 0 Å². The summed E-state index contributed by atoms with van der Waals surface area (Å²) >= 11 is 1.19. The van der Waals surface area contributed by atoms with Gasteiger partial charge in [0.25, 0.3) is 0 Å². The summed E-state index contributed by atoms with van der Waals surface area (Å²) in [6, 6.07) is 3.37. The molecule has 0 bridgehead atoms. The van der Waals surface area contributed by atoms with E-state index >= 15 is 0 Å². The fourth-order valence-electron chi connectivity index (χ4n) is 1.75. The normalized spacial score (nSPS) is 11.1. The second-order valence-electron chi connectivity index (χ2n) is 3.44. The van der Waals surface area contributed by atoms with Gasteiger partial charge in [-0.3, -0.25) is 0 Å². The molecule has 0 aliphatic heterocycles. The van der Waals surface area contributed by atoms with Crippen LogP contribution in [0.1, 0.15) is 9.67 Å². The van der Waals surface area contributed by atoms with Gasteiger partial charge in [-0.15, -0.1) is 11.3 Å². The van der Waals surface area contributed by atoms with E-state index in [4.69, 9.17) is 14.3 Å². The van der Waals surface area contributed by atoms with Gasteiger partial charge >= 0.3 is 5.97 Å². The van der Waals surface area contributed by atoms with Gasteiger partial charge in [-0.05, 0) is 6.07 Å². The number of nitrogens with zero attached hydrogens (tertiary/aromatic N) is 1. The molecule has 86 valence electrons. The highest BCUT2D eigenvalue weighted by Crippen LogP contribution is 2.37. The zero-order valence-electron chi connectivity index (χ0n) is 8.76. The number of carboxylic acids is 1. The minimum absolute atomic E-state index is 0.276. The molecule has 1 aromatic carbocycles. The number of carbonyl (C=O) groups is 1. The van der Waals surface area contributed by atoms with Gasteiger partial charge in [0.2, 0.25) is 0 Å². The van der Waals surface area contributed by atoms with Crippen LogP contribution in [-0.2, 0) is 0 Å². The van der Waals surface area contributed by atoms with E-state index < -0.39 is 5.97 Å². The molecule has 0 unspecified atom stereocenters. The number of hydrogen-bond acceptors (Lipinski definition) is 5. The number of hydrogen-bond donors (Lipinski definition) is 1.